The molecule has 0 atom stereocenters. The molecular weight excluding hydrogens is 404 g/mol. The van der Waals surface area contributed by atoms with Crippen molar-refractivity contribution in [2.24, 2.45) is 0 Å². The lowest BCUT2D eigenvalue weighted by Crippen LogP contribution is -2.12. The lowest BCUT2D eigenvalue weighted by molar-refractivity contribution is -0.112. The van der Waals surface area contributed by atoms with Crippen LogP contribution in [0.25, 0.3) is 28.4 Å². The zero-order valence-electron chi connectivity index (χ0n) is 17.8. The predicted octanol–water partition coefficient (Wildman–Crippen LogP) is 4.84. The average molecular weight is 426 g/mol. The van der Waals surface area contributed by atoms with E-state index in [1.807, 2.05) is 54.6 Å². The van der Waals surface area contributed by atoms with Crippen LogP contribution in [0.4, 0.5) is 5.69 Å². The summed E-state index contributed by atoms with van der Waals surface area (Å²) < 4.78 is 5.16. The summed E-state index contributed by atoms with van der Waals surface area (Å²) in [6, 6.07) is 17.0. The summed E-state index contributed by atoms with van der Waals surface area (Å²) in [7, 11) is 0. The van der Waals surface area contributed by atoms with Crippen molar-refractivity contribution in [2.45, 2.75) is 13.8 Å². The number of fused-ring (bicyclic) bond motifs is 1. The monoisotopic (exact) mass is 426 g/mol. The van der Waals surface area contributed by atoms with Gasteiger partial charge in [0.25, 0.3) is 5.91 Å². The first-order valence-electron chi connectivity index (χ1n) is 10.2. The van der Waals surface area contributed by atoms with Gasteiger partial charge in [-0.1, -0.05) is 42.5 Å². The van der Waals surface area contributed by atoms with Crippen molar-refractivity contribution < 1.29 is 14.3 Å². The van der Waals surface area contributed by atoms with Crippen LogP contribution in [0, 0.1) is 0 Å². The second-order valence-corrected chi connectivity index (χ2v) is 7.14. The third-order valence-corrected chi connectivity index (χ3v) is 4.90. The molecule has 7 heteroatoms. The van der Waals surface area contributed by atoms with E-state index in [1.54, 1.807) is 26.1 Å². The van der Waals surface area contributed by atoms with E-state index >= 15 is 0 Å². The standard InChI is InChI=1S/C25H22N4O3/c1-3-32-25(31)20-14-26-23-21(20)22(27-15-28-23)18-10-7-11-19(13-18)29-24(30)16(2)12-17-8-5-4-6-9-17/h4-15H,3H2,1-2H3,(H,29,30)(H,26,27,28). The molecule has 0 unspecified atom stereocenters. The Balaban J connectivity index is 1.64. The summed E-state index contributed by atoms with van der Waals surface area (Å²) in [5, 5.41) is 3.50. The maximum Gasteiger partial charge on any atom is 0.340 e. The van der Waals surface area contributed by atoms with Gasteiger partial charge in [-0.25, -0.2) is 14.8 Å². The Morgan fingerprint density at radius 1 is 1.09 bits per heavy atom. The van der Waals surface area contributed by atoms with Crippen LogP contribution in [0.2, 0.25) is 0 Å². The number of carbonyl (C=O) groups excluding carboxylic acids is 2. The SMILES string of the molecule is CCOC(=O)c1c[nH]c2ncnc(-c3cccc(NC(=O)C(C)=Cc4ccccc4)c3)c12. The lowest BCUT2D eigenvalue weighted by atomic mass is 10.1. The van der Waals surface area contributed by atoms with E-state index in [0.29, 0.717) is 33.6 Å². The van der Waals surface area contributed by atoms with Crippen molar-refractivity contribution in [3.63, 3.8) is 0 Å². The number of rotatable bonds is 6. The molecule has 1 amide bonds. The second kappa shape index (κ2) is 9.26. The number of aromatic nitrogens is 3. The van der Waals surface area contributed by atoms with Gasteiger partial charge in [0.2, 0.25) is 0 Å². The summed E-state index contributed by atoms with van der Waals surface area (Å²) in [4.78, 5) is 36.7. The summed E-state index contributed by atoms with van der Waals surface area (Å²) in [5.41, 5.74) is 4.38. The Hall–Kier alpha value is -4.26. The van der Waals surface area contributed by atoms with Crippen LogP contribution in [0.1, 0.15) is 29.8 Å². The zero-order chi connectivity index (χ0) is 22.5. The van der Waals surface area contributed by atoms with E-state index in [-0.39, 0.29) is 12.5 Å². The number of nitrogens with zero attached hydrogens (tertiary/aromatic N) is 2. The van der Waals surface area contributed by atoms with E-state index in [0.717, 1.165) is 11.1 Å². The van der Waals surface area contributed by atoms with Crippen molar-refractivity contribution >= 4 is 34.7 Å². The van der Waals surface area contributed by atoms with Crippen LogP contribution < -0.4 is 5.32 Å². The number of benzene rings is 2. The summed E-state index contributed by atoms with van der Waals surface area (Å²) in [5.74, 6) is -0.645. The molecule has 0 aliphatic heterocycles. The zero-order valence-corrected chi connectivity index (χ0v) is 17.8. The highest BCUT2D eigenvalue weighted by molar-refractivity contribution is 6.09. The van der Waals surface area contributed by atoms with Gasteiger partial charge in [-0.05, 0) is 37.6 Å². The molecule has 0 spiro atoms. The number of amides is 1. The fraction of sp³-hybridized carbons (Fsp3) is 0.120. The van der Waals surface area contributed by atoms with Gasteiger partial charge in [-0.15, -0.1) is 0 Å². The molecule has 2 aromatic heterocycles. The Morgan fingerprint density at radius 2 is 1.91 bits per heavy atom. The van der Waals surface area contributed by atoms with E-state index in [2.05, 4.69) is 20.3 Å². The molecule has 0 radical (unpaired) electrons. The molecule has 0 fully saturated rings. The molecular formula is C25H22N4O3. The van der Waals surface area contributed by atoms with E-state index in [9.17, 15) is 9.59 Å². The number of H-pyrrole nitrogens is 1. The number of aromatic amines is 1. The van der Waals surface area contributed by atoms with Crippen molar-refractivity contribution in [1.82, 2.24) is 15.0 Å². The van der Waals surface area contributed by atoms with Crippen molar-refractivity contribution in [3.05, 3.63) is 83.8 Å². The average Bonchev–Trinajstić information content (AvgIpc) is 3.24. The Morgan fingerprint density at radius 3 is 2.69 bits per heavy atom. The molecule has 4 aromatic rings. The minimum Gasteiger partial charge on any atom is -0.462 e. The van der Waals surface area contributed by atoms with E-state index in [4.69, 9.17) is 4.74 Å². The third-order valence-electron chi connectivity index (χ3n) is 4.90. The first kappa shape index (κ1) is 21.0. The highest BCUT2D eigenvalue weighted by atomic mass is 16.5. The van der Waals surface area contributed by atoms with Gasteiger partial charge in [-0.2, -0.15) is 0 Å². The van der Waals surface area contributed by atoms with Gasteiger partial charge in [-0.3, -0.25) is 4.79 Å². The normalized spacial score (nSPS) is 11.4. The highest BCUT2D eigenvalue weighted by Crippen LogP contribution is 2.30. The number of anilines is 1. The Labute approximate surface area is 185 Å². The maximum absolute atomic E-state index is 12.7. The van der Waals surface area contributed by atoms with Crippen LogP contribution in [-0.2, 0) is 9.53 Å². The van der Waals surface area contributed by atoms with Gasteiger partial charge >= 0.3 is 5.97 Å². The summed E-state index contributed by atoms with van der Waals surface area (Å²) in [6.07, 6.45) is 4.84. The largest absolute Gasteiger partial charge is 0.462 e. The van der Waals surface area contributed by atoms with Crippen molar-refractivity contribution in [3.8, 4) is 11.3 Å². The smallest absolute Gasteiger partial charge is 0.340 e. The number of hydrogen-bond donors (Lipinski definition) is 2. The summed E-state index contributed by atoms with van der Waals surface area (Å²) >= 11 is 0. The first-order valence-corrected chi connectivity index (χ1v) is 10.2. The first-order chi connectivity index (χ1) is 15.6. The molecule has 2 aromatic carbocycles. The van der Waals surface area contributed by atoms with Gasteiger partial charge in [0.1, 0.15) is 12.0 Å². The van der Waals surface area contributed by atoms with E-state index in [1.165, 1.54) is 6.33 Å². The third kappa shape index (κ3) is 4.41. The van der Waals surface area contributed by atoms with Crippen LogP contribution in [-0.4, -0.2) is 33.4 Å². The molecule has 0 bridgehead atoms. The molecule has 0 saturated heterocycles. The Kier molecular flexibility index (Phi) is 6.07. The number of nitrogens with one attached hydrogen (secondary N) is 2. The minimum absolute atomic E-state index is 0.201. The summed E-state index contributed by atoms with van der Waals surface area (Å²) in [6.45, 7) is 3.79. The number of esters is 1. The maximum atomic E-state index is 12.7. The number of carbonyl (C=O) groups is 2. The minimum atomic E-state index is -0.444. The van der Waals surface area contributed by atoms with Crippen LogP contribution in [0.5, 0.6) is 0 Å². The van der Waals surface area contributed by atoms with Gasteiger partial charge in [0.05, 0.1) is 23.3 Å². The highest BCUT2D eigenvalue weighted by Gasteiger charge is 2.19. The van der Waals surface area contributed by atoms with Crippen molar-refractivity contribution in [1.29, 1.82) is 0 Å². The predicted molar refractivity (Wildman–Crippen MR) is 124 cm³/mol. The lowest BCUT2D eigenvalue weighted by Gasteiger charge is -2.09. The van der Waals surface area contributed by atoms with Crippen LogP contribution in [0.3, 0.4) is 0 Å². The number of hydrogen-bond acceptors (Lipinski definition) is 5. The van der Waals surface area contributed by atoms with Gasteiger partial charge in [0.15, 0.2) is 0 Å². The molecule has 2 heterocycles. The quantitative estimate of drug-likeness (QED) is 0.340. The fourth-order valence-electron chi connectivity index (χ4n) is 3.39. The molecule has 2 N–H and O–H groups in total. The molecule has 0 aliphatic rings. The molecule has 0 aliphatic carbocycles. The van der Waals surface area contributed by atoms with Gasteiger partial charge < -0.3 is 15.0 Å². The van der Waals surface area contributed by atoms with Crippen molar-refractivity contribution in [2.75, 3.05) is 11.9 Å². The Bertz CT molecular complexity index is 1310. The fourth-order valence-corrected chi connectivity index (χ4v) is 3.39. The second-order valence-electron chi connectivity index (χ2n) is 7.14. The molecule has 7 nitrogen and oxygen atoms in total. The van der Waals surface area contributed by atoms with Crippen LogP contribution >= 0.6 is 0 Å². The molecule has 160 valence electrons. The van der Waals surface area contributed by atoms with Gasteiger partial charge in [0, 0.05) is 23.0 Å². The van der Waals surface area contributed by atoms with Crippen LogP contribution in [0.15, 0.2) is 72.7 Å². The van der Waals surface area contributed by atoms with E-state index < -0.39 is 5.97 Å². The molecule has 4 rings (SSSR count). The topological polar surface area (TPSA) is 97.0 Å². The molecule has 32 heavy (non-hydrogen) atoms. The number of ether oxygens (including phenoxy) is 1. The molecule has 0 saturated carbocycles.